The highest BCUT2D eigenvalue weighted by molar-refractivity contribution is 9.10. The molecule has 0 saturated carbocycles. The SMILES string of the molecule is CCCN=C(N)NCCNC(=O)c1ccc(Br)cc1. The van der Waals surface area contributed by atoms with Gasteiger partial charge in [0.25, 0.3) is 5.91 Å². The highest BCUT2D eigenvalue weighted by Gasteiger charge is 2.03. The van der Waals surface area contributed by atoms with Gasteiger partial charge in [-0.05, 0) is 30.7 Å². The van der Waals surface area contributed by atoms with Crippen LogP contribution in [-0.4, -0.2) is 31.5 Å². The topological polar surface area (TPSA) is 79.5 Å². The van der Waals surface area contributed by atoms with E-state index >= 15 is 0 Å². The molecule has 0 atom stereocenters. The van der Waals surface area contributed by atoms with Crippen LogP contribution in [0.4, 0.5) is 0 Å². The molecule has 0 aliphatic carbocycles. The van der Waals surface area contributed by atoms with Crippen LogP contribution in [0, 0.1) is 0 Å². The summed E-state index contributed by atoms with van der Waals surface area (Å²) in [5.41, 5.74) is 6.26. The maximum atomic E-state index is 11.8. The van der Waals surface area contributed by atoms with E-state index in [-0.39, 0.29) is 5.91 Å². The van der Waals surface area contributed by atoms with Gasteiger partial charge in [-0.2, -0.15) is 0 Å². The minimum atomic E-state index is -0.0987. The fourth-order valence-corrected chi connectivity index (χ4v) is 1.62. The summed E-state index contributed by atoms with van der Waals surface area (Å²) >= 11 is 3.33. The molecule has 0 aromatic heterocycles. The number of carbonyl (C=O) groups is 1. The third kappa shape index (κ3) is 6.24. The van der Waals surface area contributed by atoms with Crippen molar-refractivity contribution in [3.63, 3.8) is 0 Å². The number of hydrogen-bond donors (Lipinski definition) is 3. The molecular formula is C13H19BrN4O. The van der Waals surface area contributed by atoms with Gasteiger partial charge in [-0.3, -0.25) is 9.79 Å². The molecule has 0 saturated heterocycles. The Balaban J connectivity index is 2.26. The van der Waals surface area contributed by atoms with Crippen LogP contribution in [0.3, 0.4) is 0 Å². The van der Waals surface area contributed by atoms with E-state index in [1.54, 1.807) is 12.1 Å². The minimum Gasteiger partial charge on any atom is -0.370 e. The summed E-state index contributed by atoms with van der Waals surface area (Å²) in [4.78, 5) is 15.8. The number of rotatable bonds is 6. The van der Waals surface area contributed by atoms with Crippen LogP contribution in [0.2, 0.25) is 0 Å². The van der Waals surface area contributed by atoms with Gasteiger partial charge in [-0.25, -0.2) is 0 Å². The van der Waals surface area contributed by atoms with Crippen molar-refractivity contribution < 1.29 is 4.79 Å². The zero-order chi connectivity index (χ0) is 14.1. The van der Waals surface area contributed by atoms with E-state index in [2.05, 4.69) is 31.6 Å². The molecule has 1 amide bonds. The third-order valence-corrected chi connectivity index (χ3v) is 2.86. The number of nitrogens with one attached hydrogen (secondary N) is 2. The average molecular weight is 327 g/mol. The molecule has 0 radical (unpaired) electrons. The van der Waals surface area contributed by atoms with Crippen molar-refractivity contribution in [1.82, 2.24) is 10.6 Å². The second-order valence-electron chi connectivity index (χ2n) is 3.96. The van der Waals surface area contributed by atoms with Crippen molar-refractivity contribution in [2.75, 3.05) is 19.6 Å². The van der Waals surface area contributed by atoms with E-state index in [1.807, 2.05) is 19.1 Å². The lowest BCUT2D eigenvalue weighted by atomic mass is 10.2. The molecular weight excluding hydrogens is 308 g/mol. The predicted molar refractivity (Wildman–Crippen MR) is 81.3 cm³/mol. The quantitative estimate of drug-likeness (QED) is 0.421. The first-order valence-corrected chi connectivity index (χ1v) is 7.00. The Morgan fingerprint density at radius 2 is 1.89 bits per heavy atom. The van der Waals surface area contributed by atoms with Crippen LogP contribution in [0.5, 0.6) is 0 Å². The second kappa shape index (κ2) is 8.53. The van der Waals surface area contributed by atoms with Gasteiger partial charge in [0.2, 0.25) is 0 Å². The highest BCUT2D eigenvalue weighted by atomic mass is 79.9. The van der Waals surface area contributed by atoms with Crippen LogP contribution in [0.1, 0.15) is 23.7 Å². The Bertz CT molecular complexity index is 431. The number of aliphatic imine (C=N–C) groups is 1. The molecule has 1 aromatic carbocycles. The molecule has 0 spiro atoms. The van der Waals surface area contributed by atoms with E-state index in [0.717, 1.165) is 10.9 Å². The van der Waals surface area contributed by atoms with Crippen LogP contribution in [0.25, 0.3) is 0 Å². The van der Waals surface area contributed by atoms with Crippen molar-refractivity contribution in [3.05, 3.63) is 34.3 Å². The molecule has 0 aliphatic heterocycles. The average Bonchev–Trinajstić information content (AvgIpc) is 2.41. The second-order valence-corrected chi connectivity index (χ2v) is 4.87. The first-order chi connectivity index (χ1) is 9.13. The third-order valence-electron chi connectivity index (χ3n) is 2.33. The molecule has 0 aliphatic rings. The summed E-state index contributed by atoms with van der Waals surface area (Å²) in [6.45, 7) is 3.80. The molecule has 1 rings (SSSR count). The Labute approximate surface area is 121 Å². The monoisotopic (exact) mass is 326 g/mol. The minimum absolute atomic E-state index is 0.0987. The number of hydrogen-bond acceptors (Lipinski definition) is 2. The summed E-state index contributed by atoms with van der Waals surface area (Å²) < 4.78 is 0.950. The Morgan fingerprint density at radius 3 is 2.53 bits per heavy atom. The molecule has 6 heteroatoms. The van der Waals surface area contributed by atoms with Crippen molar-refractivity contribution >= 4 is 27.8 Å². The van der Waals surface area contributed by atoms with Gasteiger partial charge < -0.3 is 16.4 Å². The summed E-state index contributed by atoms with van der Waals surface area (Å²) in [6, 6.07) is 7.21. The van der Waals surface area contributed by atoms with E-state index < -0.39 is 0 Å². The zero-order valence-electron chi connectivity index (χ0n) is 10.9. The van der Waals surface area contributed by atoms with Gasteiger partial charge in [0.1, 0.15) is 0 Å². The number of guanidine groups is 1. The molecule has 5 nitrogen and oxygen atoms in total. The van der Waals surface area contributed by atoms with Gasteiger partial charge in [0.05, 0.1) is 0 Å². The number of nitrogens with zero attached hydrogens (tertiary/aromatic N) is 1. The van der Waals surface area contributed by atoms with E-state index in [4.69, 9.17) is 5.73 Å². The number of nitrogens with two attached hydrogens (primary N) is 1. The number of amides is 1. The zero-order valence-corrected chi connectivity index (χ0v) is 12.5. The number of carbonyl (C=O) groups excluding carboxylic acids is 1. The van der Waals surface area contributed by atoms with Crippen LogP contribution in [0.15, 0.2) is 33.7 Å². The van der Waals surface area contributed by atoms with Gasteiger partial charge >= 0.3 is 0 Å². The lowest BCUT2D eigenvalue weighted by Gasteiger charge is -2.07. The lowest BCUT2D eigenvalue weighted by Crippen LogP contribution is -2.38. The standard InChI is InChI=1S/C13H19BrN4O/c1-2-7-17-13(15)18-9-8-16-12(19)10-3-5-11(14)6-4-10/h3-6H,2,7-9H2,1H3,(H,16,19)(H3,15,17,18). The number of halogens is 1. The van der Waals surface area contributed by atoms with Crippen molar-refractivity contribution in [2.45, 2.75) is 13.3 Å². The molecule has 0 unspecified atom stereocenters. The van der Waals surface area contributed by atoms with Gasteiger partial charge in [0, 0.05) is 29.7 Å². The molecule has 1 aromatic rings. The fraction of sp³-hybridized carbons (Fsp3) is 0.385. The first-order valence-electron chi connectivity index (χ1n) is 6.21. The Hall–Kier alpha value is -1.56. The van der Waals surface area contributed by atoms with Crippen molar-refractivity contribution in [2.24, 2.45) is 10.7 Å². The normalized spacial score (nSPS) is 11.2. The van der Waals surface area contributed by atoms with E-state index in [0.29, 0.717) is 31.2 Å². The molecule has 0 bridgehead atoms. The molecule has 0 heterocycles. The van der Waals surface area contributed by atoms with Crippen LogP contribution >= 0.6 is 15.9 Å². The maximum Gasteiger partial charge on any atom is 0.251 e. The number of benzene rings is 1. The largest absolute Gasteiger partial charge is 0.370 e. The maximum absolute atomic E-state index is 11.8. The van der Waals surface area contributed by atoms with Crippen LogP contribution in [-0.2, 0) is 0 Å². The fourth-order valence-electron chi connectivity index (χ4n) is 1.36. The Kier molecular flexibility index (Phi) is 6.95. The van der Waals surface area contributed by atoms with Crippen molar-refractivity contribution in [3.8, 4) is 0 Å². The first kappa shape index (κ1) is 15.5. The van der Waals surface area contributed by atoms with Gasteiger partial charge in [-0.15, -0.1) is 0 Å². The van der Waals surface area contributed by atoms with E-state index in [9.17, 15) is 4.79 Å². The van der Waals surface area contributed by atoms with E-state index in [1.165, 1.54) is 0 Å². The Morgan fingerprint density at radius 1 is 1.26 bits per heavy atom. The summed E-state index contributed by atoms with van der Waals surface area (Å²) in [5.74, 6) is 0.318. The highest BCUT2D eigenvalue weighted by Crippen LogP contribution is 2.10. The summed E-state index contributed by atoms with van der Waals surface area (Å²) in [7, 11) is 0. The molecule has 0 fully saturated rings. The summed E-state index contributed by atoms with van der Waals surface area (Å²) in [5, 5.41) is 5.74. The lowest BCUT2D eigenvalue weighted by molar-refractivity contribution is 0.0954. The smallest absolute Gasteiger partial charge is 0.251 e. The van der Waals surface area contributed by atoms with Crippen LogP contribution < -0.4 is 16.4 Å². The van der Waals surface area contributed by atoms with Crippen molar-refractivity contribution in [1.29, 1.82) is 0 Å². The molecule has 19 heavy (non-hydrogen) atoms. The van der Waals surface area contributed by atoms with Gasteiger partial charge in [0.15, 0.2) is 5.96 Å². The molecule has 4 N–H and O–H groups in total. The summed E-state index contributed by atoms with van der Waals surface area (Å²) in [6.07, 6.45) is 0.961. The molecule has 104 valence electrons. The van der Waals surface area contributed by atoms with Gasteiger partial charge in [-0.1, -0.05) is 22.9 Å². The predicted octanol–water partition coefficient (Wildman–Crippen LogP) is 1.49.